The number of amides is 3. The lowest BCUT2D eigenvalue weighted by Crippen LogP contribution is -2.50. The van der Waals surface area contributed by atoms with Gasteiger partial charge in [-0.05, 0) is 36.1 Å². The number of para-hydroxylation sites is 1. The van der Waals surface area contributed by atoms with E-state index in [9.17, 15) is 14.4 Å². The molecule has 2 aliphatic rings. The predicted octanol–water partition coefficient (Wildman–Crippen LogP) is 3.23. The zero-order chi connectivity index (χ0) is 28.9. The molecule has 0 bridgehead atoms. The molecule has 2 aromatic carbocycles. The predicted molar refractivity (Wildman–Crippen MR) is 150 cm³/mol. The molecule has 3 amide bonds. The van der Waals surface area contributed by atoms with Gasteiger partial charge in [0, 0.05) is 45.2 Å². The number of nitrogens with one attached hydrogen (secondary N) is 1. The van der Waals surface area contributed by atoms with E-state index in [-0.39, 0.29) is 31.5 Å². The third-order valence-corrected chi connectivity index (χ3v) is 7.33. The molecule has 1 aliphatic heterocycles. The molecule has 2 heterocycles. The van der Waals surface area contributed by atoms with Crippen LogP contribution >= 0.6 is 0 Å². The Labute approximate surface area is 239 Å². The quantitative estimate of drug-likeness (QED) is 0.404. The van der Waals surface area contributed by atoms with Crippen molar-refractivity contribution >= 4 is 17.9 Å². The van der Waals surface area contributed by atoms with Gasteiger partial charge in [0.15, 0.2) is 11.5 Å². The van der Waals surface area contributed by atoms with Crippen LogP contribution in [0.25, 0.3) is 0 Å². The maximum atomic E-state index is 12.8. The average molecular weight is 562 g/mol. The van der Waals surface area contributed by atoms with E-state index in [4.69, 9.17) is 14.2 Å². The number of benzene rings is 2. The molecule has 1 saturated carbocycles. The molecular weight excluding hydrogens is 526 g/mol. The van der Waals surface area contributed by atoms with E-state index < -0.39 is 6.09 Å². The number of carbonyl (C=O) groups is 3. The number of aromatic nitrogens is 2. The van der Waals surface area contributed by atoms with Crippen LogP contribution in [-0.2, 0) is 36.3 Å². The first-order chi connectivity index (χ1) is 19.8. The number of nitrogens with zero attached hydrogens (tertiary/aromatic N) is 4. The van der Waals surface area contributed by atoms with Crippen molar-refractivity contribution < 1.29 is 28.6 Å². The molecule has 1 aliphatic carbocycles. The van der Waals surface area contributed by atoms with Crippen molar-refractivity contribution in [2.45, 2.75) is 38.5 Å². The minimum absolute atomic E-state index is 0.0360. The first-order valence-electron chi connectivity index (χ1n) is 13.7. The summed E-state index contributed by atoms with van der Waals surface area (Å²) in [5.74, 6) is 1.31. The van der Waals surface area contributed by atoms with Crippen LogP contribution in [0.2, 0.25) is 0 Å². The van der Waals surface area contributed by atoms with Crippen molar-refractivity contribution in [2.75, 3.05) is 33.8 Å². The van der Waals surface area contributed by atoms with Crippen LogP contribution in [0.3, 0.4) is 0 Å². The van der Waals surface area contributed by atoms with Crippen LogP contribution in [0.4, 0.5) is 4.79 Å². The zero-order valence-electron chi connectivity index (χ0n) is 23.6. The summed E-state index contributed by atoms with van der Waals surface area (Å²) in [6.07, 6.45) is 1.76. The topological polar surface area (TPSA) is 115 Å². The van der Waals surface area contributed by atoms with Crippen molar-refractivity contribution in [3.8, 4) is 11.5 Å². The summed E-state index contributed by atoms with van der Waals surface area (Å²) >= 11 is 0. The van der Waals surface area contributed by atoms with Gasteiger partial charge in [0.2, 0.25) is 5.91 Å². The third kappa shape index (κ3) is 6.79. The second kappa shape index (κ2) is 12.3. The second-order valence-corrected chi connectivity index (χ2v) is 10.4. The Morgan fingerprint density at radius 3 is 2.44 bits per heavy atom. The fourth-order valence-corrected chi connectivity index (χ4v) is 4.64. The Morgan fingerprint density at radius 2 is 1.76 bits per heavy atom. The fraction of sp³-hybridized carbons (Fsp3) is 0.400. The van der Waals surface area contributed by atoms with E-state index in [1.54, 1.807) is 30.8 Å². The molecule has 11 nitrogen and oxygen atoms in total. The summed E-state index contributed by atoms with van der Waals surface area (Å²) in [6, 6.07) is 15.0. The lowest BCUT2D eigenvalue weighted by molar-refractivity contribution is -0.133. The Balaban J connectivity index is 1.13. The van der Waals surface area contributed by atoms with Gasteiger partial charge in [-0.2, -0.15) is 5.10 Å². The molecule has 0 unspecified atom stereocenters. The number of ether oxygens (including phenoxy) is 3. The Hall–Kier alpha value is -4.54. The van der Waals surface area contributed by atoms with Crippen LogP contribution in [0.15, 0.2) is 48.5 Å². The molecule has 2 fully saturated rings. The Morgan fingerprint density at radius 1 is 1.02 bits per heavy atom. The fourth-order valence-electron chi connectivity index (χ4n) is 4.64. The summed E-state index contributed by atoms with van der Waals surface area (Å²) in [7, 11) is 5.08. The molecular formula is C30H35N5O6. The minimum atomic E-state index is -0.495. The molecule has 216 valence electrons. The molecule has 0 atom stereocenters. The largest absolute Gasteiger partial charge is 0.493 e. The van der Waals surface area contributed by atoms with E-state index in [1.807, 2.05) is 48.5 Å². The number of methoxy groups -OCH3 is 1. The van der Waals surface area contributed by atoms with Crippen LogP contribution in [-0.4, -0.2) is 71.3 Å². The summed E-state index contributed by atoms with van der Waals surface area (Å²) in [5.41, 5.74) is 4.06. The average Bonchev–Trinajstić information content (AvgIpc) is 3.76. The van der Waals surface area contributed by atoms with Gasteiger partial charge in [0.25, 0.3) is 5.91 Å². The van der Waals surface area contributed by atoms with Crippen molar-refractivity contribution in [1.29, 1.82) is 0 Å². The molecule has 1 aromatic heterocycles. The van der Waals surface area contributed by atoms with Gasteiger partial charge in [-0.25, -0.2) is 4.79 Å². The van der Waals surface area contributed by atoms with Crippen molar-refractivity contribution in [3.63, 3.8) is 0 Å². The van der Waals surface area contributed by atoms with Crippen molar-refractivity contribution in [3.05, 3.63) is 76.6 Å². The number of hydrogen-bond donors (Lipinski definition) is 1. The molecule has 3 aromatic rings. The monoisotopic (exact) mass is 561 g/mol. The van der Waals surface area contributed by atoms with E-state index in [0.717, 1.165) is 35.2 Å². The first-order valence-corrected chi connectivity index (χ1v) is 13.7. The standard InChI is InChI=1S/C30H35N5O6/c1-33-13-14-35(17-27(33)36)30(38)41-19-21-9-7-20(8-10-21)18-40-26-6-4-5-23(28(26)39-3)16-31-29(37)25-15-24(22-11-12-22)32-34(25)2/h4-10,15,22H,11-14,16-19H2,1-3H3,(H,31,37). The van der Waals surface area contributed by atoms with E-state index in [2.05, 4.69) is 10.4 Å². The highest BCUT2D eigenvalue weighted by molar-refractivity contribution is 5.92. The van der Waals surface area contributed by atoms with Crippen LogP contribution in [0, 0.1) is 0 Å². The third-order valence-electron chi connectivity index (χ3n) is 7.33. The van der Waals surface area contributed by atoms with E-state index in [1.165, 1.54) is 4.90 Å². The zero-order valence-corrected chi connectivity index (χ0v) is 23.6. The van der Waals surface area contributed by atoms with Gasteiger partial charge in [-0.1, -0.05) is 36.4 Å². The van der Waals surface area contributed by atoms with Gasteiger partial charge in [0.1, 0.15) is 25.5 Å². The Bertz CT molecular complexity index is 1420. The maximum Gasteiger partial charge on any atom is 0.410 e. The normalized spacial score (nSPS) is 15.0. The van der Waals surface area contributed by atoms with Crippen LogP contribution < -0.4 is 14.8 Å². The molecule has 1 N–H and O–H groups in total. The molecule has 11 heteroatoms. The molecule has 0 radical (unpaired) electrons. The van der Waals surface area contributed by atoms with E-state index >= 15 is 0 Å². The molecule has 1 saturated heterocycles. The number of piperazine rings is 1. The van der Waals surface area contributed by atoms with Gasteiger partial charge in [-0.3, -0.25) is 19.2 Å². The minimum Gasteiger partial charge on any atom is -0.493 e. The smallest absolute Gasteiger partial charge is 0.410 e. The highest BCUT2D eigenvalue weighted by Crippen LogP contribution is 2.39. The van der Waals surface area contributed by atoms with Crippen LogP contribution in [0.1, 0.15) is 51.6 Å². The van der Waals surface area contributed by atoms with Crippen molar-refractivity contribution in [2.24, 2.45) is 7.05 Å². The van der Waals surface area contributed by atoms with Gasteiger partial charge < -0.3 is 24.4 Å². The molecule has 41 heavy (non-hydrogen) atoms. The van der Waals surface area contributed by atoms with E-state index in [0.29, 0.717) is 42.8 Å². The summed E-state index contributed by atoms with van der Waals surface area (Å²) in [4.78, 5) is 40.0. The second-order valence-electron chi connectivity index (χ2n) is 10.4. The Kier molecular flexibility index (Phi) is 8.42. The first kappa shape index (κ1) is 28.0. The number of hydrogen-bond acceptors (Lipinski definition) is 7. The number of rotatable bonds is 10. The summed E-state index contributed by atoms with van der Waals surface area (Å²) < 4.78 is 18.7. The lowest BCUT2D eigenvalue weighted by atomic mass is 10.1. The van der Waals surface area contributed by atoms with Gasteiger partial charge in [-0.15, -0.1) is 0 Å². The van der Waals surface area contributed by atoms with Gasteiger partial charge >= 0.3 is 6.09 Å². The SMILES string of the molecule is COc1c(CNC(=O)c2cc(C3CC3)nn2C)cccc1OCc1ccc(COC(=O)N2CCN(C)C(=O)C2)cc1. The highest BCUT2D eigenvalue weighted by Gasteiger charge is 2.28. The molecule has 5 rings (SSSR count). The molecule has 0 spiro atoms. The van der Waals surface area contributed by atoms with Crippen LogP contribution in [0.5, 0.6) is 11.5 Å². The van der Waals surface area contributed by atoms with Gasteiger partial charge in [0.05, 0.1) is 12.8 Å². The lowest BCUT2D eigenvalue weighted by Gasteiger charge is -2.31. The summed E-state index contributed by atoms with van der Waals surface area (Å²) in [6.45, 7) is 1.68. The summed E-state index contributed by atoms with van der Waals surface area (Å²) in [5, 5.41) is 7.43. The highest BCUT2D eigenvalue weighted by atomic mass is 16.6. The number of carbonyl (C=O) groups excluding carboxylic acids is 3. The van der Waals surface area contributed by atoms with Crippen molar-refractivity contribution in [1.82, 2.24) is 24.9 Å². The number of likely N-dealkylation sites (N-methyl/N-ethyl adjacent to an activating group) is 1. The number of aryl methyl sites for hydroxylation is 1. The maximum absolute atomic E-state index is 12.8.